The van der Waals surface area contributed by atoms with Gasteiger partial charge in [-0.05, 0) is 47.7 Å². The maximum Gasteiger partial charge on any atom is 0.471 e. The average molecular weight is 776 g/mol. The molecule has 0 radical (unpaired) electrons. The van der Waals surface area contributed by atoms with Crippen LogP contribution in [0.2, 0.25) is 0 Å². The Hall–Kier alpha value is -3.75. The average Bonchev–Trinajstić information content (AvgIpc) is 3.16. The number of benzene rings is 3. The van der Waals surface area contributed by atoms with Crippen molar-refractivity contribution in [1.82, 2.24) is 24.7 Å². The van der Waals surface area contributed by atoms with Crippen LogP contribution in [0.4, 0.5) is 13.2 Å². The minimum Gasteiger partial charge on any atom is -0.356 e. The molecule has 0 saturated carbocycles. The number of piperidine rings is 1. The van der Waals surface area contributed by atoms with Crippen LogP contribution in [0.3, 0.4) is 0 Å². The summed E-state index contributed by atoms with van der Waals surface area (Å²) in [4.78, 5) is 28.6. The number of halogens is 4. The molecule has 0 aromatic heterocycles. The molecule has 3 aromatic rings. The molecule has 4 atom stereocenters. The van der Waals surface area contributed by atoms with Gasteiger partial charge in [0, 0.05) is 51.0 Å². The van der Waals surface area contributed by atoms with E-state index in [1.165, 1.54) is 9.57 Å². The van der Waals surface area contributed by atoms with Gasteiger partial charge in [0.05, 0.1) is 18.2 Å². The van der Waals surface area contributed by atoms with Crippen LogP contribution in [-0.2, 0) is 29.0 Å². The highest BCUT2D eigenvalue weighted by molar-refractivity contribution is 7.83. The number of hydrogen-bond acceptors (Lipinski definition) is 8. The largest absolute Gasteiger partial charge is 0.471 e. The first-order valence-corrected chi connectivity index (χ1v) is 19.8. The van der Waals surface area contributed by atoms with E-state index in [1.807, 2.05) is 91.0 Å². The van der Waals surface area contributed by atoms with Crippen LogP contribution in [0.5, 0.6) is 0 Å². The molecule has 16 heteroatoms. The number of nitrogens with zero attached hydrogens (tertiary/aromatic N) is 4. The molecule has 284 valence electrons. The summed E-state index contributed by atoms with van der Waals surface area (Å²) in [6.45, 7) is -2.05. The van der Waals surface area contributed by atoms with E-state index in [2.05, 4.69) is 10.2 Å². The predicted molar refractivity (Wildman–Crippen MR) is 192 cm³/mol. The number of rotatable bonds is 10. The molecule has 2 N–H and O–H groups in total. The number of carbonyl (C=O) groups is 2. The number of aliphatic hydroxyl groups excluding tert-OH is 1. The molecule has 2 amide bonds. The molecule has 3 aliphatic heterocycles. The Morgan fingerprint density at radius 3 is 1.96 bits per heavy atom. The maximum absolute atomic E-state index is 13.9. The first kappa shape index (κ1) is 39.0. The van der Waals surface area contributed by atoms with Crippen molar-refractivity contribution in [3.05, 3.63) is 119 Å². The molecular weight excluding hydrogens is 734 g/mol. The Kier molecular flexibility index (Phi) is 11.7. The van der Waals surface area contributed by atoms with Gasteiger partial charge in [-0.2, -0.15) is 13.2 Å². The second kappa shape index (κ2) is 15.9. The van der Waals surface area contributed by atoms with Gasteiger partial charge in [0.25, 0.3) is 5.91 Å². The fourth-order valence-corrected chi connectivity index (χ4v) is 9.28. The van der Waals surface area contributed by atoms with Gasteiger partial charge in [0.2, 0.25) is 6.35 Å². The second-order valence-electron chi connectivity index (χ2n) is 13.4. The maximum atomic E-state index is 13.9. The van der Waals surface area contributed by atoms with E-state index in [0.29, 0.717) is 10.5 Å². The quantitative estimate of drug-likeness (QED) is 0.205. The third kappa shape index (κ3) is 8.19. The molecule has 3 heterocycles. The third-order valence-electron chi connectivity index (χ3n) is 10.1. The van der Waals surface area contributed by atoms with Gasteiger partial charge < -0.3 is 29.5 Å². The summed E-state index contributed by atoms with van der Waals surface area (Å²) >= 11 is 6.58. The van der Waals surface area contributed by atoms with E-state index in [0.717, 1.165) is 23.7 Å². The molecule has 2 fully saturated rings. The van der Waals surface area contributed by atoms with Crippen molar-refractivity contribution in [2.24, 2.45) is 0 Å². The topological polar surface area (TPSA) is 115 Å². The zero-order chi connectivity index (χ0) is 38.0. The zero-order valence-corrected chi connectivity index (χ0v) is 30.9. The van der Waals surface area contributed by atoms with E-state index < -0.39 is 55.1 Å². The van der Waals surface area contributed by atoms with Crippen molar-refractivity contribution < 1.29 is 41.7 Å². The molecule has 4 unspecified atom stereocenters. The lowest BCUT2D eigenvalue weighted by Crippen LogP contribution is -2.64. The van der Waals surface area contributed by atoms with Crippen molar-refractivity contribution in [1.29, 1.82) is 0 Å². The second-order valence-corrected chi connectivity index (χ2v) is 16.4. The minimum absolute atomic E-state index is 0.0457. The van der Waals surface area contributed by atoms with E-state index in [9.17, 15) is 32.4 Å². The van der Waals surface area contributed by atoms with Crippen LogP contribution in [0.1, 0.15) is 36.5 Å². The van der Waals surface area contributed by atoms with Crippen molar-refractivity contribution in [3.8, 4) is 0 Å². The van der Waals surface area contributed by atoms with Crippen LogP contribution in [0.15, 0.2) is 103 Å². The molecule has 3 aliphatic rings. The highest BCUT2D eigenvalue weighted by Gasteiger charge is 2.49. The SMILES string of the molecule is CC1=CN(C2CN(C(c3ccccc3)(c3ccccc3)c3ccccc3)CC(COP(=O)(Cl)N3CCC(N(C)C(=O)C(F)(F)F)CC3)O2)C(O)NC1=O. The Balaban J connectivity index is 1.32. The molecule has 0 aliphatic carbocycles. The van der Waals surface area contributed by atoms with Gasteiger partial charge >= 0.3 is 19.0 Å². The number of hydrogen-bond donors (Lipinski definition) is 2. The van der Waals surface area contributed by atoms with Crippen molar-refractivity contribution in [2.75, 3.05) is 39.8 Å². The van der Waals surface area contributed by atoms with E-state index in [-0.39, 0.29) is 45.6 Å². The van der Waals surface area contributed by atoms with Crippen molar-refractivity contribution >= 4 is 29.9 Å². The lowest BCUT2D eigenvalue weighted by molar-refractivity contribution is -0.197. The third-order valence-corrected chi connectivity index (χ3v) is 12.6. The molecule has 3 aromatic carbocycles. The molecule has 6 rings (SSSR count). The number of nitrogens with one attached hydrogen (secondary N) is 1. The fraction of sp³-hybridized carbons (Fsp3) is 0.405. The van der Waals surface area contributed by atoms with Gasteiger partial charge in [-0.3, -0.25) is 19.1 Å². The first-order chi connectivity index (χ1) is 25.2. The number of alkyl halides is 3. The summed E-state index contributed by atoms with van der Waals surface area (Å²) in [6.07, 6.45) is -6.24. The normalized spacial score (nSPS) is 23.5. The van der Waals surface area contributed by atoms with E-state index in [4.69, 9.17) is 20.5 Å². The fourth-order valence-electron chi connectivity index (χ4n) is 7.43. The van der Waals surface area contributed by atoms with E-state index in [1.54, 1.807) is 13.1 Å². The monoisotopic (exact) mass is 775 g/mol. The first-order valence-electron chi connectivity index (χ1n) is 17.3. The molecule has 53 heavy (non-hydrogen) atoms. The van der Waals surface area contributed by atoms with Gasteiger partial charge in [0.15, 0.2) is 0 Å². The standard InChI is InChI=1S/C37H42ClF3N5O6P/c1-26-22-46(35(49)42-33(26)47)32-24-44(36(27-12-6-3-7-13-27,28-14-8-4-9-15-28)29-16-10-5-11-17-29)23-31(52-32)25-51-53(38,50)45-20-18-30(19-21-45)43(2)34(48)37(39,40)41/h3-17,22,30-32,35,49H,18-21,23-25H2,1-2H3,(H,42,47). The van der Waals surface area contributed by atoms with Crippen molar-refractivity contribution in [2.45, 2.75) is 56.2 Å². The molecular formula is C37H42ClF3N5O6P. The number of aliphatic hydroxyl groups is 1. The predicted octanol–water partition coefficient (Wildman–Crippen LogP) is 5.47. The summed E-state index contributed by atoms with van der Waals surface area (Å²) in [7, 11) is 1.11. The van der Waals surface area contributed by atoms with Gasteiger partial charge in [-0.25, -0.2) is 4.67 Å². The lowest BCUT2D eigenvalue weighted by Gasteiger charge is -2.52. The van der Waals surface area contributed by atoms with Gasteiger partial charge in [0.1, 0.15) is 6.23 Å². The molecule has 0 spiro atoms. The highest BCUT2D eigenvalue weighted by atomic mass is 35.7. The number of ether oxygens (including phenoxy) is 1. The number of amides is 2. The Morgan fingerprint density at radius 2 is 1.47 bits per heavy atom. The zero-order valence-electron chi connectivity index (χ0n) is 29.2. The van der Waals surface area contributed by atoms with Crippen LogP contribution in [0, 0.1) is 0 Å². The Bertz CT molecular complexity index is 1720. The van der Waals surface area contributed by atoms with Crippen LogP contribution >= 0.6 is 18.1 Å². The minimum atomic E-state index is -4.99. The molecule has 0 bridgehead atoms. The van der Waals surface area contributed by atoms with Crippen LogP contribution in [-0.4, -0.2) is 107 Å². The number of morpholine rings is 1. The summed E-state index contributed by atoms with van der Waals surface area (Å²) in [6, 6.07) is 29.2. The molecule has 11 nitrogen and oxygen atoms in total. The van der Waals surface area contributed by atoms with Crippen molar-refractivity contribution in [3.63, 3.8) is 0 Å². The summed E-state index contributed by atoms with van der Waals surface area (Å²) in [5.74, 6) is -2.36. The van der Waals surface area contributed by atoms with Crippen LogP contribution in [0.25, 0.3) is 0 Å². The highest BCUT2D eigenvalue weighted by Crippen LogP contribution is 2.57. The van der Waals surface area contributed by atoms with E-state index >= 15 is 0 Å². The summed E-state index contributed by atoms with van der Waals surface area (Å²) in [5.41, 5.74) is 2.32. The smallest absolute Gasteiger partial charge is 0.356 e. The Morgan fingerprint density at radius 1 is 0.962 bits per heavy atom. The number of carbonyl (C=O) groups excluding carboxylic acids is 2. The van der Waals surface area contributed by atoms with Gasteiger partial charge in [-0.15, -0.1) is 0 Å². The summed E-state index contributed by atoms with van der Waals surface area (Å²) in [5, 5.41) is 13.6. The van der Waals surface area contributed by atoms with Crippen LogP contribution < -0.4 is 5.32 Å². The summed E-state index contributed by atoms with van der Waals surface area (Å²) < 4.78 is 66.9. The molecule has 2 saturated heterocycles. The lowest BCUT2D eigenvalue weighted by atomic mass is 9.75. The van der Waals surface area contributed by atoms with Gasteiger partial charge in [-0.1, -0.05) is 91.0 Å². The Labute approximate surface area is 311 Å².